The Balaban J connectivity index is 1.51. The van der Waals surface area contributed by atoms with Crippen LogP contribution in [0.3, 0.4) is 0 Å². The second-order valence-electron chi connectivity index (χ2n) is 5.89. The number of nitrogens with zero attached hydrogens (tertiary/aromatic N) is 5. The van der Waals surface area contributed by atoms with Crippen LogP contribution in [0.4, 0.5) is 0 Å². The number of amides is 1. The Bertz CT molecular complexity index is 809. The Morgan fingerprint density at radius 1 is 1.35 bits per heavy atom. The predicted octanol–water partition coefficient (Wildman–Crippen LogP) is 1.56. The van der Waals surface area contributed by atoms with Crippen LogP contribution in [0.5, 0.6) is 0 Å². The van der Waals surface area contributed by atoms with Crippen molar-refractivity contribution in [2.24, 2.45) is 0 Å². The molecular formula is C16H18N6O. The number of H-pyrrole nitrogens is 1. The van der Waals surface area contributed by atoms with Gasteiger partial charge in [-0.15, -0.1) is 0 Å². The summed E-state index contributed by atoms with van der Waals surface area (Å²) in [6.07, 6.45) is 7.30. The van der Waals surface area contributed by atoms with Crippen LogP contribution >= 0.6 is 0 Å². The van der Waals surface area contributed by atoms with Crippen LogP contribution in [0, 0.1) is 0 Å². The van der Waals surface area contributed by atoms with Crippen molar-refractivity contribution in [1.82, 2.24) is 29.9 Å². The van der Waals surface area contributed by atoms with E-state index in [-0.39, 0.29) is 11.8 Å². The Hall–Kier alpha value is -2.70. The highest BCUT2D eigenvalue weighted by Crippen LogP contribution is 2.29. The Morgan fingerprint density at radius 2 is 2.30 bits per heavy atom. The lowest BCUT2D eigenvalue weighted by Gasteiger charge is -2.32. The fourth-order valence-corrected chi connectivity index (χ4v) is 3.25. The van der Waals surface area contributed by atoms with E-state index in [1.807, 2.05) is 29.3 Å². The van der Waals surface area contributed by atoms with E-state index in [9.17, 15) is 4.79 Å². The maximum Gasteiger partial charge on any atom is 0.244 e. The topological polar surface area (TPSA) is 79.7 Å². The molecule has 4 heterocycles. The average Bonchev–Trinajstić information content (AvgIpc) is 3.24. The molecule has 7 nitrogen and oxygen atoms in total. The number of pyridine rings is 1. The third kappa shape index (κ3) is 2.69. The highest BCUT2D eigenvalue weighted by Gasteiger charge is 2.27. The second-order valence-corrected chi connectivity index (χ2v) is 5.89. The first-order valence-electron chi connectivity index (χ1n) is 7.85. The summed E-state index contributed by atoms with van der Waals surface area (Å²) in [6.45, 7) is 1.82. The van der Waals surface area contributed by atoms with Gasteiger partial charge in [0.1, 0.15) is 6.54 Å². The molecule has 7 heteroatoms. The van der Waals surface area contributed by atoms with Crippen LogP contribution in [-0.2, 0) is 11.3 Å². The monoisotopic (exact) mass is 310 g/mol. The van der Waals surface area contributed by atoms with E-state index in [0.717, 1.165) is 36.1 Å². The van der Waals surface area contributed by atoms with Gasteiger partial charge in [0, 0.05) is 48.7 Å². The first-order chi connectivity index (χ1) is 11.3. The Labute approximate surface area is 133 Å². The van der Waals surface area contributed by atoms with Gasteiger partial charge in [-0.1, -0.05) is 0 Å². The number of aromatic amines is 1. The van der Waals surface area contributed by atoms with Crippen molar-refractivity contribution in [1.29, 1.82) is 0 Å². The number of carbonyl (C=O) groups excluding carboxylic acids is 1. The molecule has 3 aromatic heterocycles. The molecule has 0 aliphatic carbocycles. The molecule has 23 heavy (non-hydrogen) atoms. The minimum Gasteiger partial charge on any atom is -0.340 e. The zero-order chi connectivity index (χ0) is 15.6. The molecular weight excluding hydrogens is 292 g/mol. The number of carbonyl (C=O) groups is 1. The van der Waals surface area contributed by atoms with E-state index in [1.54, 1.807) is 17.1 Å². The number of piperidine rings is 1. The van der Waals surface area contributed by atoms with E-state index < -0.39 is 0 Å². The second kappa shape index (κ2) is 5.83. The number of hydrogen-bond acceptors (Lipinski definition) is 4. The number of hydrogen-bond donors (Lipinski definition) is 1. The molecule has 1 atom stereocenters. The number of fused-ring (bicyclic) bond motifs is 1. The van der Waals surface area contributed by atoms with Gasteiger partial charge in [0.05, 0.1) is 0 Å². The minimum absolute atomic E-state index is 0.111. The van der Waals surface area contributed by atoms with E-state index in [4.69, 9.17) is 0 Å². The zero-order valence-electron chi connectivity index (χ0n) is 12.7. The van der Waals surface area contributed by atoms with Gasteiger partial charge in [-0.3, -0.25) is 14.6 Å². The van der Waals surface area contributed by atoms with Crippen molar-refractivity contribution < 1.29 is 4.79 Å². The van der Waals surface area contributed by atoms with Gasteiger partial charge in [0.25, 0.3) is 0 Å². The summed E-state index contributed by atoms with van der Waals surface area (Å²) in [7, 11) is 0. The standard InChI is InChI=1S/C16H18N6O/c23-14(11-22-9-3-7-18-22)21-8-2-4-12(10-21)15-13-5-1-6-17-16(13)20-19-15/h1,3,5-7,9,12H,2,4,8,10-11H2,(H,17,19,20). The maximum absolute atomic E-state index is 12.5. The molecule has 0 saturated carbocycles. The summed E-state index contributed by atoms with van der Waals surface area (Å²) in [6, 6.07) is 5.78. The van der Waals surface area contributed by atoms with Gasteiger partial charge in [0.2, 0.25) is 5.91 Å². The van der Waals surface area contributed by atoms with Gasteiger partial charge in [-0.2, -0.15) is 10.2 Å². The van der Waals surface area contributed by atoms with Gasteiger partial charge in [-0.05, 0) is 31.0 Å². The maximum atomic E-state index is 12.5. The Kier molecular flexibility index (Phi) is 3.53. The van der Waals surface area contributed by atoms with Crippen LogP contribution in [0.15, 0.2) is 36.8 Å². The minimum atomic E-state index is 0.111. The first kappa shape index (κ1) is 13.9. The SMILES string of the molecule is O=C(Cn1cccn1)N1CCCC(c2[nH]nc3ncccc23)C1. The van der Waals surface area contributed by atoms with Crippen molar-refractivity contribution in [3.8, 4) is 0 Å². The largest absolute Gasteiger partial charge is 0.340 e. The fraction of sp³-hybridized carbons (Fsp3) is 0.375. The van der Waals surface area contributed by atoms with Crippen molar-refractivity contribution in [3.05, 3.63) is 42.5 Å². The van der Waals surface area contributed by atoms with Crippen molar-refractivity contribution >= 4 is 16.9 Å². The quantitative estimate of drug-likeness (QED) is 0.796. The molecule has 0 aromatic carbocycles. The molecule has 3 aromatic rings. The van der Waals surface area contributed by atoms with Crippen molar-refractivity contribution in [2.45, 2.75) is 25.3 Å². The molecule has 0 radical (unpaired) electrons. The van der Waals surface area contributed by atoms with Crippen LogP contribution < -0.4 is 0 Å². The lowest BCUT2D eigenvalue weighted by molar-refractivity contribution is -0.133. The van der Waals surface area contributed by atoms with Gasteiger partial charge in [0.15, 0.2) is 5.65 Å². The number of nitrogens with one attached hydrogen (secondary N) is 1. The van der Waals surface area contributed by atoms with Gasteiger partial charge >= 0.3 is 0 Å². The van der Waals surface area contributed by atoms with Crippen LogP contribution in [0.1, 0.15) is 24.5 Å². The van der Waals surface area contributed by atoms with Crippen LogP contribution in [0.25, 0.3) is 11.0 Å². The van der Waals surface area contributed by atoms with Crippen molar-refractivity contribution in [2.75, 3.05) is 13.1 Å². The van der Waals surface area contributed by atoms with Crippen LogP contribution in [0.2, 0.25) is 0 Å². The molecule has 0 bridgehead atoms. The van der Waals surface area contributed by atoms with Crippen molar-refractivity contribution in [3.63, 3.8) is 0 Å². The molecule has 1 aliphatic heterocycles. The highest BCUT2D eigenvalue weighted by molar-refractivity contribution is 5.79. The number of aromatic nitrogens is 5. The molecule has 0 spiro atoms. The Morgan fingerprint density at radius 3 is 3.17 bits per heavy atom. The van der Waals surface area contributed by atoms with Crippen LogP contribution in [-0.4, -0.2) is 48.9 Å². The molecule has 1 fully saturated rings. The molecule has 4 rings (SSSR count). The highest BCUT2D eigenvalue weighted by atomic mass is 16.2. The molecule has 1 amide bonds. The predicted molar refractivity (Wildman–Crippen MR) is 84.7 cm³/mol. The van der Waals surface area contributed by atoms with Gasteiger partial charge in [-0.25, -0.2) is 4.98 Å². The summed E-state index contributed by atoms with van der Waals surface area (Å²) in [5.41, 5.74) is 1.83. The molecule has 1 aliphatic rings. The third-order valence-corrected chi connectivity index (χ3v) is 4.40. The first-order valence-corrected chi connectivity index (χ1v) is 7.85. The van der Waals surface area contributed by atoms with E-state index in [0.29, 0.717) is 13.1 Å². The summed E-state index contributed by atoms with van der Waals surface area (Å²) >= 11 is 0. The van der Waals surface area contributed by atoms with E-state index in [1.165, 1.54) is 0 Å². The normalized spacial score (nSPS) is 18.4. The van der Waals surface area contributed by atoms with Gasteiger partial charge < -0.3 is 4.90 Å². The average molecular weight is 310 g/mol. The van der Waals surface area contributed by atoms with E-state index >= 15 is 0 Å². The summed E-state index contributed by atoms with van der Waals surface area (Å²) in [4.78, 5) is 18.7. The third-order valence-electron chi connectivity index (χ3n) is 4.40. The summed E-state index contributed by atoms with van der Waals surface area (Å²) in [5.74, 6) is 0.389. The molecule has 1 unspecified atom stereocenters. The lowest BCUT2D eigenvalue weighted by Crippen LogP contribution is -2.41. The number of likely N-dealkylation sites (tertiary alicyclic amines) is 1. The number of rotatable bonds is 3. The molecule has 1 N–H and O–H groups in total. The summed E-state index contributed by atoms with van der Waals surface area (Å²) in [5, 5.41) is 12.6. The lowest BCUT2D eigenvalue weighted by atomic mass is 9.93. The molecule has 118 valence electrons. The summed E-state index contributed by atoms with van der Waals surface area (Å²) < 4.78 is 1.67. The zero-order valence-corrected chi connectivity index (χ0v) is 12.7. The smallest absolute Gasteiger partial charge is 0.244 e. The molecule has 1 saturated heterocycles. The van der Waals surface area contributed by atoms with E-state index in [2.05, 4.69) is 20.3 Å². The fourth-order valence-electron chi connectivity index (χ4n) is 3.25.